The van der Waals surface area contributed by atoms with E-state index in [-0.39, 0.29) is 0 Å². The summed E-state index contributed by atoms with van der Waals surface area (Å²) < 4.78 is 5.21. The van der Waals surface area contributed by atoms with Crippen molar-refractivity contribution in [1.29, 1.82) is 0 Å². The zero-order valence-electron chi connectivity index (χ0n) is 7.97. The van der Waals surface area contributed by atoms with Crippen LogP contribution in [0.15, 0.2) is 40.7 Å². The van der Waals surface area contributed by atoms with Crippen molar-refractivity contribution in [1.82, 2.24) is 5.01 Å². The molecule has 2 rings (SSSR count). The normalized spacial score (nSPS) is 17.6. The first-order valence-corrected chi connectivity index (χ1v) is 4.74. The van der Waals surface area contributed by atoms with Crippen molar-refractivity contribution in [3.8, 4) is 0 Å². The summed E-state index contributed by atoms with van der Waals surface area (Å²) in [6, 6.07) is 9.74. The molecule has 4 heteroatoms. The van der Waals surface area contributed by atoms with Crippen molar-refractivity contribution in [3.63, 3.8) is 0 Å². The van der Waals surface area contributed by atoms with Gasteiger partial charge in [0.15, 0.2) is 0 Å². The highest BCUT2D eigenvalue weighted by Gasteiger charge is 2.06. The maximum absolute atomic E-state index is 5.21. The van der Waals surface area contributed by atoms with Crippen LogP contribution in [0.25, 0.3) is 0 Å². The van der Waals surface area contributed by atoms with Crippen molar-refractivity contribution in [2.45, 2.75) is 0 Å². The molecular weight excluding hydrogens is 178 g/mol. The molecular formula is C10H13N3O. The van der Waals surface area contributed by atoms with E-state index >= 15 is 0 Å². The van der Waals surface area contributed by atoms with Crippen LogP contribution in [-0.2, 0) is 4.74 Å². The van der Waals surface area contributed by atoms with Crippen LogP contribution < -0.4 is 0 Å². The molecule has 1 aromatic carbocycles. The van der Waals surface area contributed by atoms with Gasteiger partial charge in [0, 0.05) is 0 Å². The largest absolute Gasteiger partial charge is 0.378 e. The summed E-state index contributed by atoms with van der Waals surface area (Å²) in [4.78, 5) is 0. The molecule has 1 aliphatic rings. The van der Waals surface area contributed by atoms with E-state index in [2.05, 4.69) is 10.3 Å². The van der Waals surface area contributed by atoms with Crippen molar-refractivity contribution < 1.29 is 4.74 Å². The average molecular weight is 191 g/mol. The Balaban J connectivity index is 1.93. The van der Waals surface area contributed by atoms with E-state index in [4.69, 9.17) is 4.74 Å². The predicted octanol–water partition coefficient (Wildman–Crippen LogP) is 2.02. The van der Waals surface area contributed by atoms with E-state index in [0.717, 1.165) is 32.0 Å². The second kappa shape index (κ2) is 4.72. The van der Waals surface area contributed by atoms with E-state index in [1.54, 1.807) is 0 Å². The molecule has 0 atom stereocenters. The van der Waals surface area contributed by atoms with E-state index in [1.807, 2.05) is 35.3 Å². The predicted molar refractivity (Wildman–Crippen MR) is 53.4 cm³/mol. The smallest absolute Gasteiger partial charge is 0.0874 e. The van der Waals surface area contributed by atoms with Crippen LogP contribution in [0.4, 0.5) is 5.69 Å². The van der Waals surface area contributed by atoms with E-state index in [0.29, 0.717) is 0 Å². The molecule has 0 N–H and O–H groups in total. The first-order valence-electron chi connectivity index (χ1n) is 4.74. The molecule has 0 aliphatic carbocycles. The number of ether oxygens (including phenoxy) is 1. The van der Waals surface area contributed by atoms with Gasteiger partial charge in [-0.25, -0.2) is 0 Å². The van der Waals surface area contributed by atoms with Gasteiger partial charge in [0.1, 0.15) is 0 Å². The quantitative estimate of drug-likeness (QED) is 0.670. The lowest BCUT2D eigenvalue weighted by atomic mass is 10.3. The lowest BCUT2D eigenvalue weighted by Crippen LogP contribution is -2.31. The van der Waals surface area contributed by atoms with E-state index in [9.17, 15) is 0 Å². The number of nitrogens with zero attached hydrogens (tertiary/aromatic N) is 3. The zero-order valence-corrected chi connectivity index (χ0v) is 7.97. The molecule has 1 saturated heterocycles. The Labute approximate surface area is 83.2 Å². The fourth-order valence-electron chi connectivity index (χ4n) is 1.25. The molecule has 74 valence electrons. The summed E-state index contributed by atoms with van der Waals surface area (Å²) in [7, 11) is 0. The van der Waals surface area contributed by atoms with Gasteiger partial charge in [0.2, 0.25) is 0 Å². The van der Waals surface area contributed by atoms with Crippen LogP contribution in [0.1, 0.15) is 0 Å². The molecule has 0 aromatic heterocycles. The molecule has 0 spiro atoms. The highest BCUT2D eigenvalue weighted by molar-refractivity contribution is 5.34. The van der Waals surface area contributed by atoms with Crippen LogP contribution in [0, 0.1) is 0 Å². The maximum atomic E-state index is 5.21. The average Bonchev–Trinajstić information content (AvgIpc) is 2.29. The molecule has 0 saturated carbocycles. The van der Waals surface area contributed by atoms with Crippen LogP contribution in [0.5, 0.6) is 0 Å². The van der Waals surface area contributed by atoms with Gasteiger partial charge in [0.25, 0.3) is 0 Å². The van der Waals surface area contributed by atoms with Crippen molar-refractivity contribution in [3.05, 3.63) is 30.3 Å². The molecule has 1 aromatic rings. The fraction of sp³-hybridized carbons (Fsp3) is 0.400. The Bertz CT molecular complexity index is 293. The monoisotopic (exact) mass is 191 g/mol. The number of morpholine rings is 1. The first-order chi connectivity index (χ1) is 6.95. The van der Waals surface area contributed by atoms with Crippen molar-refractivity contribution >= 4 is 5.69 Å². The third kappa shape index (κ3) is 2.53. The highest BCUT2D eigenvalue weighted by atomic mass is 16.5. The van der Waals surface area contributed by atoms with Crippen LogP contribution in [0.3, 0.4) is 0 Å². The molecule has 4 nitrogen and oxygen atoms in total. The molecule has 0 unspecified atom stereocenters. The van der Waals surface area contributed by atoms with E-state index < -0.39 is 0 Å². The Morgan fingerprint density at radius 2 is 1.79 bits per heavy atom. The van der Waals surface area contributed by atoms with Gasteiger partial charge in [-0.1, -0.05) is 23.4 Å². The minimum Gasteiger partial charge on any atom is -0.378 e. The number of benzene rings is 1. The summed E-state index contributed by atoms with van der Waals surface area (Å²) in [6.45, 7) is 3.15. The van der Waals surface area contributed by atoms with Gasteiger partial charge < -0.3 is 4.74 Å². The van der Waals surface area contributed by atoms with Gasteiger partial charge in [-0.3, -0.25) is 5.01 Å². The lowest BCUT2D eigenvalue weighted by Gasteiger charge is -2.22. The Morgan fingerprint density at radius 3 is 2.50 bits per heavy atom. The van der Waals surface area contributed by atoms with Gasteiger partial charge in [0.05, 0.1) is 32.0 Å². The Kier molecular flexibility index (Phi) is 3.08. The first kappa shape index (κ1) is 9.15. The third-order valence-corrected chi connectivity index (χ3v) is 2.03. The number of hydrogen-bond donors (Lipinski definition) is 0. The SMILES string of the molecule is c1ccc(N=NN2CCOCC2)cc1. The molecule has 14 heavy (non-hydrogen) atoms. The van der Waals surface area contributed by atoms with Crippen LogP contribution in [-0.4, -0.2) is 31.3 Å². The second-order valence-corrected chi connectivity index (χ2v) is 3.09. The minimum atomic E-state index is 0.744. The van der Waals surface area contributed by atoms with Gasteiger partial charge >= 0.3 is 0 Å². The van der Waals surface area contributed by atoms with Crippen LogP contribution in [0.2, 0.25) is 0 Å². The summed E-state index contributed by atoms with van der Waals surface area (Å²) >= 11 is 0. The maximum Gasteiger partial charge on any atom is 0.0874 e. The van der Waals surface area contributed by atoms with Gasteiger partial charge in [-0.2, -0.15) is 0 Å². The van der Waals surface area contributed by atoms with Crippen LogP contribution >= 0.6 is 0 Å². The topological polar surface area (TPSA) is 37.2 Å². The second-order valence-electron chi connectivity index (χ2n) is 3.09. The summed E-state index contributed by atoms with van der Waals surface area (Å²) in [6.07, 6.45) is 0. The Morgan fingerprint density at radius 1 is 1.07 bits per heavy atom. The van der Waals surface area contributed by atoms with Crippen molar-refractivity contribution in [2.24, 2.45) is 10.3 Å². The summed E-state index contributed by atoms with van der Waals surface area (Å²) in [5.74, 6) is 0. The minimum absolute atomic E-state index is 0.744. The third-order valence-electron chi connectivity index (χ3n) is 2.03. The molecule has 0 radical (unpaired) electrons. The fourth-order valence-corrected chi connectivity index (χ4v) is 1.25. The molecule has 0 bridgehead atoms. The lowest BCUT2D eigenvalue weighted by molar-refractivity contribution is 0.0354. The highest BCUT2D eigenvalue weighted by Crippen LogP contribution is 2.11. The zero-order chi connectivity index (χ0) is 9.64. The van der Waals surface area contributed by atoms with Crippen molar-refractivity contribution in [2.75, 3.05) is 26.3 Å². The molecule has 1 aliphatic heterocycles. The van der Waals surface area contributed by atoms with E-state index in [1.165, 1.54) is 0 Å². The Hall–Kier alpha value is -1.42. The molecule has 0 amide bonds. The molecule has 1 heterocycles. The van der Waals surface area contributed by atoms with Gasteiger partial charge in [-0.05, 0) is 12.1 Å². The number of rotatable bonds is 2. The summed E-state index contributed by atoms with van der Waals surface area (Å²) in [5.41, 5.74) is 0.888. The summed E-state index contributed by atoms with van der Waals surface area (Å²) in [5, 5.41) is 10.2. The number of hydrogen-bond acceptors (Lipinski definition) is 3. The molecule has 1 fully saturated rings. The standard InChI is InChI=1S/C10H13N3O/c1-2-4-10(5-3-1)11-12-13-6-8-14-9-7-13/h1-5H,6-9H2. The van der Waals surface area contributed by atoms with Gasteiger partial charge in [-0.15, -0.1) is 5.11 Å².